The normalized spacial score (nSPS) is 14.8. The lowest BCUT2D eigenvalue weighted by atomic mass is 10.3. The van der Waals surface area contributed by atoms with E-state index in [0.717, 1.165) is 12.8 Å². The SMILES string of the molecule is O=C(O)CCCn1cc([N+](=O)[O-])c(C2CC2)n1. The van der Waals surface area contributed by atoms with Crippen molar-refractivity contribution in [3.63, 3.8) is 0 Å². The van der Waals surface area contributed by atoms with Gasteiger partial charge >= 0.3 is 11.7 Å². The molecule has 1 aromatic rings. The second kappa shape index (κ2) is 4.52. The van der Waals surface area contributed by atoms with Gasteiger partial charge in [-0.05, 0) is 19.3 Å². The molecule has 92 valence electrons. The minimum Gasteiger partial charge on any atom is -0.481 e. The van der Waals surface area contributed by atoms with Gasteiger partial charge in [0, 0.05) is 18.9 Å². The average Bonchev–Trinajstić information content (AvgIpc) is 2.99. The Labute approximate surface area is 97.2 Å². The van der Waals surface area contributed by atoms with E-state index in [4.69, 9.17) is 5.11 Å². The minimum atomic E-state index is -0.867. The summed E-state index contributed by atoms with van der Waals surface area (Å²) in [6, 6.07) is 0. The molecule has 7 heteroatoms. The van der Waals surface area contributed by atoms with Crippen molar-refractivity contribution in [3.8, 4) is 0 Å². The first-order chi connectivity index (χ1) is 8.08. The zero-order valence-electron chi connectivity index (χ0n) is 9.20. The summed E-state index contributed by atoms with van der Waals surface area (Å²) in [4.78, 5) is 20.7. The molecular formula is C10H13N3O4. The van der Waals surface area contributed by atoms with E-state index in [9.17, 15) is 14.9 Å². The van der Waals surface area contributed by atoms with Gasteiger partial charge in [-0.1, -0.05) is 0 Å². The molecule has 0 spiro atoms. The number of aliphatic carboxylic acids is 1. The number of nitro groups is 1. The van der Waals surface area contributed by atoms with Crippen LogP contribution in [0.2, 0.25) is 0 Å². The molecule has 0 radical (unpaired) electrons. The zero-order valence-corrected chi connectivity index (χ0v) is 9.20. The molecule has 0 amide bonds. The highest BCUT2D eigenvalue weighted by Crippen LogP contribution is 2.43. The van der Waals surface area contributed by atoms with Crippen LogP contribution in [0.5, 0.6) is 0 Å². The third-order valence-electron chi connectivity index (χ3n) is 2.71. The third kappa shape index (κ3) is 2.80. The number of carboxylic acids is 1. The molecule has 0 unspecified atom stereocenters. The summed E-state index contributed by atoms with van der Waals surface area (Å²) < 4.78 is 1.48. The molecule has 1 aliphatic rings. The summed E-state index contributed by atoms with van der Waals surface area (Å²) in [7, 11) is 0. The van der Waals surface area contributed by atoms with E-state index in [1.165, 1.54) is 10.9 Å². The second-order valence-corrected chi connectivity index (χ2v) is 4.19. The highest BCUT2D eigenvalue weighted by atomic mass is 16.6. The fourth-order valence-electron chi connectivity index (χ4n) is 1.72. The predicted molar refractivity (Wildman–Crippen MR) is 57.7 cm³/mol. The Morgan fingerprint density at radius 1 is 1.65 bits per heavy atom. The first-order valence-electron chi connectivity index (χ1n) is 5.51. The molecule has 1 aromatic heterocycles. The summed E-state index contributed by atoms with van der Waals surface area (Å²) in [6.07, 6.45) is 3.78. The van der Waals surface area contributed by atoms with Gasteiger partial charge in [0.15, 0.2) is 0 Å². The number of hydrogen-bond acceptors (Lipinski definition) is 4. The molecule has 0 bridgehead atoms. The summed E-state index contributed by atoms with van der Waals surface area (Å²) >= 11 is 0. The average molecular weight is 239 g/mol. The molecule has 0 saturated heterocycles. The highest BCUT2D eigenvalue weighted by Gasteiger charge is 2.34. The van der Waals surface area contributed by atoms with E-state index in [1.54, 1.807) is 0 Å². The molecule has 1 saturated carbocycles. The van der Waals surface area contributed by atoms with Crippen LogP contribution in [0, 0.1) is 10.1 Å². The number of rotatable bonds is 6. The molecule has 1 fully saturated rings. The van der Waals surface area contributed by atoms with E-state index < -0.39 is 10.9 Å². The van der Waals surface area contributed by atoms with Crippen molar-refractivity contribution in [2.45, 2.75) is 38.1 Å². The molecule has 7 nitrogen and oxygen atoms in total. The molecule has 1 heterocycles. The van der Waals surface area contributed by atoms with E-state index in [2.05, 4.69) is 5.10 Å². The highest BCUT2D eigenvalue weighted by molar-refractivity contribution is 5.66. The lowest BCUT2D eigenvalue weighted by molar-refractivity contribution is -0.385. The Hall–Kier alpha value is -1.92. The summed E-state index contributed by atoms with van der Waals surface area (Å²) in [5.41, 5.74) is 0.605. The van der Waals surface area contributed by atoms with Gasteiger partial charge in [-0.2, -0.15) is 5.10 Å². The van der Waals surface area contributed by atoms with E-state index in [1.807, 2.05) is 0 Å². The summed E-state index contributed by atoms with van der Waals surface area (Å²) in [5, 5.41) is 23.5. The van der Waals surface area contributed by atoms with Crippen LogP contribution in [-0.2, 0) is 11.3 Å². The van der Waals surface area contributed by atoms with Gasteiger partial charge in [-0.3, -0.25) is 19.6 Å². The molecule has 0 aromatic carbocycles. The standard InChI is InChI=1S/C10H13N3O4/c14-9(15)2-1-5-12-6-8(13(16)17)10(11-12)7-3-4-7/h6-7H,1-5H2,(H,14,15). The number of aryl methyl sites for hydroxylation is 1. The molecule has 0 atom stereocenters. The van der Waals surface area contributed by atoms with Crippen LogP contribution in [0.25, 0.3) is 0 Å². The minimum absolute atomic E-state index is 0.0480. The van der Waals surface area contributed by atoms with Gasteiger partial charge in [-0.15, -0.1) is 0 Å². The number of nitrogens with zero attached hydrogens (tertiary/aromatic N) is 3. The van der Waals surface area contributed by atoms with Crippen molar-refractivity contribution in [1.82, 2.24) is 9.78 Å². The molecule has 1 N–H and O–H groups in total. The molecule has 2 rings (SSSR count). The number of aromatic nitrogens is 2. The van der Waals surface area contributed by atoms with Gasteiger partial charge in [-0.25, -0.2) is 0 Å². The van der Waals surface area contributed by atoms with Crippen LogP contribution in [0.4, 0.5) is 5.69 Å². The maximum Gasteiger partial charge on any atom is 0.310 e. The predicted octanol–water partition coefficient (Wildman–Crippen LogP) is 1.53. The van der Waals surface area contributed by atoms with Crippen molar-refractivity contribution in [1.29, 1.82) is 0 Å². The van der Waals surface area contributed by atoms with E-state index in [0.29, 0.717) is 18.7 Å². The fraction of sp³-hybridized carbons (Fsp3) is 0.600. The van der Waals surface area contributed by atoms with Crippen molar-refractivity contribution in [2.75, 3.05) is 0 Å². The van der Waals surface area contributed by atoms with Crippen LogP contribution in [0.3, 0.4) is 0 Å². The first kappa shape index (κ1) is 11.6. The number of carboxylic acid groups (broad SMARTS) is 1. The van der Waals surface area contributed by atoms with Crippen LogP contribution in [-0.4, -0.2) is 25.8 Å². The monoisotopic (exact) mass is 239 g/mol. The number of hydrogen-bond donors (Lipinski definition) is 1. The molecule has 17 heavy (non-hydrogen) atoms. The number of carbonyl (C=O) groups is 1. The summed E-state index contributed by atoms with van der Waals surface area (Å²) in [5.74, 6) is -0.648. The van der Waals surface area contributed by atoms with Gasteiger partial charge < -0.3 is 5.11 Å². The van der Waals surface area contributed by atoms with Crippen molar-refractivity contribution < 1.29 is 14.8 Å². The van der Waals surface area contributed by atoms with Crippen LogP contribution < -0.4 is 0 Å². The van der Waals surface area contributed by atoms with Crippen LogP contribution in [0.1, 0.15) is 37.3 Å². The molecule has 0 aliphatic heterocycles. The molecule has 1 aliphatic carbocycles. The quantitative estimate of drug-likeness (QED) is 0.599. The first-order valence-corrected chi connectivity index (χ1v) is 5.51. The molecular weight excluding hydrogens is 226 g/mol. The van der Waals surface area contributed by atoms with E-state index >= 15 is 0 Å². The lowest BCUT2D eigenvalue weighted by Crippen LogP contribution is -2.02. The van der Waals surface area contributed by atoms with Gasteiger partial charge in [0.2, 0.25) is 0 Å². The van der Waals surface area contributed by atoms with Crippen molar-refractivity contribution >= 4 is 11.7 Å². The topological polar surface area (TPSA) is 98.3 Å². The van der Waals surface area contributed by atoms with Crippen molar-refractivity contribution in [3.05, 3.63) is 22.0 Å². The third-order valence-corrected chi connectivity index (χ3v) is 2.71. The maximum absolute atomic E-state index is 10.8. The van der Waals surface area contributed by atoms with Crippen LogP contribution >= 0.6 is 0 Å². The summed E-state index contributed by atoms with van der Waals surface area (Å²) in [6.45, 7) is 0.403. The Morgan fingerprint density at radius 2 is 2.35 bits per heavy atom. The van der Waals surface area contributed by atoms with E-state index in [-0.39, 0.29) is 18.0 Å². The van der Waals surface area contributed by atoms with Gasteiger partial charge in [0.05, 0.1) is 4.92 Å². The Kier molecular flexibility index (Phi) is 3.08. The smallest absolute Gasteiger partial charge is 0.310 e. The Bertz CT molecular complexity index is 450. The lowest BCUT2D eigenvalue weighted by Gasteiger charge is -1.97. The van der Waals surface area contributed by atoms with Crippen molar-refractivity contribution in [2.24, 2.45) is 0 Å². The maximum atomic E-state index is 10.8. The Morgan fingerprint density at radius 3 is 2.88 bits per heavy atom. The Balaban J connectivity index is 2.05. The van der Waals surface area contributed by atoms with Gasteiger partial charge in [0.25, 0.3) is 0 Å². The second-order valence-electron chi connectivity index (χ2n) is 4.19. The zero-order chi connectivity index (χ0) is 12.4. The largest absolute Gasteiger partial charge is 0.481 e. The fourth-order valence-corrected chi connectivity index (χ4v) is 1.72. The van der Waals surface area contributed by atoms with Crippen LogP contribution in [0.15, 0.2) is 6.20 Å². The van der Waals surface area contributed by atoms with Gasteiger partial charge in [0.1, 0.15) is 11.9 Å².